The average Bonchev–Trinajstić information content (AvgIpc) is 2.33. The van der Waals surface area contributed by atoms with Gasteiger partial charge in [-0.1, -0.05) is 11.6 Å². The monoisotopic (exact) mass is 436 g/mol. The van der Waals surface area contributed by atoms with Crippen molar-refractivity contribution in [3.63, 3.8) is 0 Å². The molecule has 0 aliphatic carbocycles. The fourth-order valence-corrected chi connectivity index (χ4v) is 2.42. The molecule has 0 aliphatic heterocycles. The highest BCUT2D eigenvalue weighted by atomic mass is 127. The van der Waals surface area contributed by atoms with Crippen molar-refractivity contribution in [2.24, 2.45) is 0 Å². The summed E-state index contributed by atoms with van der Waals surface area (Å²) in [6, 6.07) is 8.82. The summed E-state index contributed by atoms with van der Waals surface area (Å²) >= 11 is 11.5. The van der Waals surface area contributed by atoms with Crippen LogP contribution >= 0.6 is 50.1 Å². The quantitative estimate of drug-likeness (QED) is 0.710. The van der Waals surface area contributed by atoms with Gasteiger partial charge in [-0.15, -0.1) is 0 Å². The number of hydrogen-bond acceptors (Lipinski definition) is 2. The molecule has 0 radical (unpaired) electrons. The van der Waals surface area contributed by atoms with Crippen LogP contribution in [0.2, 0.25) is 5.02 Å². The first-order valence-corrected chi connectivity index (χ1v) is 7.19. The molecule has 0 saturated heterocycles. The van der Waals surface area contributed by atoms with E-state index < -0.39 is 0 Å². The van der Waals surface area contributed by atoms with Crippen LogP contribution in [0.3, 0.4) is 0 Å². The van der Waals surface area contributed by atoms with Crippen molar-refractivity contribution < 1.29 is 4.79 Å². The van der Waals surface area contributed by atoms with E-state index in [2.05, 4.69) is 48.8 Å². The van der Waals surface area contributed by atoms with E-state index in [0.717, 1.165) is 8.04 Å². The van der Waals surface area contributed by atoms with Gasteiger partial charge in [0.25, 0.3) is 5.91 Å². The number of benzene rings is 1. The normalized spacial score (nSPS) is 10.2. The number of halogens is 3. The molecule has 0 bridgehead atoms. The fourth-order valence-electron chi connectivity index (χ4n) is 1.29. The number of hydrogen-bond donors (Lipinski definition) is 1. The Morgan fingerprint density at radius 3 is 2.72 bits per heavy atom. The van der Waals surface area contributed by atoms with Crippen molar-refractivity contribution in [1.29, 1.82) is 0 Å². The standard InChI is InChI=1S/C12H7BrClIN2O/c13-7-1-3-11(16-6-7)12(18)17-10-4-2-8(15)5-9(10)14/h1-6H,(H,17,18). The van der Waals surface area contributed by atoms with Gasteiger partial charge in [0.15, 0.2) is 0 Å². The lowest BCUT2D eigenvalue weighted by atomic mass is 10.3. The molecule has 1 aromatic carbocycles. The first-order valence-electron chi connectivity index (χ1n) is 4.94. The molecule has 2 rings (SSSR count). The highest BCUT2D eigenvalue weighted by molar-refractivity contribution is 14.1. The minimum atomic E-state index is -0.286. The van der Waals surface area contributed by atoms with E-state index in [1.54, 1.807) is 30.5 Å². The lowest BCUT2D eigenvalue weighted by Crippen LogP contribution is -2.13. The van der Waals surface area contributed by atoms with Crippen LogP contribution in [0.1, 0.15) is 10.5 Å². The second-order valence-electron chi connectivity index (χ2n) is 3.44. The lowest BCUT2D eigenvalue weighted by Gasteiger charge is -2.07. The van der Waals surface area contributed by atoms with E-state index in [-0.39, 0.29) is 5.91 Å². The Labute approximate surface area is 131 Å². The van der Waals surface area contributed by atoms with Crippen molar-refractivity contribution >= 4 is 61.7 Å². The number of aromatic nitrogens is 1. The third-order valence-electron chi connectivity index (χ3n) is 2.14. The van der Waals surface area contributed by atoms with E-state index in [9.17, 15) is 4.79 Å². The van der Waals surface area contributed by atoms with Crippen molar-refractivity contribution in [3.8, 4) is 0 Å². The smallest absolute Gasteiger partial charge is 0.274 e. The second-order valence-corrected chi connectivity index (χ2v) is 6.01. The molecule has 1 amide bonds. The summed E-state index contributed by atoms with van der Waals surface area (Å²) in [6.07, 6.45) is 1.57. The minimum absolute atomic E-state index is 0.286. The zero-order valence-corrected chi connectivity index (χ0v) is 13.5. The first-order chi connectivity index (χ1) is 8.56. The second kappa shape index (κ2) is 5.99. The Balaban J connectivity index is 2.18. The summed E-state index contributed by atoms with van der Waals surface area (Å²) in [5.74, 6) is -0.286. The summed E-state index contributed by atoms with van der Waals surface area (Å²) in [5, 5.41) is 3.23. The van der Waals surface area contributed by atoms with Gasteiger partial charge in [0.05, 0.1) is 10.7 Å². The zero-order valence-electron chi connectivity index (χ0n) is 8.95. The van der Waals surface area contributed by atoms with E-state index in [4.69, 9.17) is 11.6 Å². The van der Waals surface area contributed by atoms with Gasteiger partial charge < -0.3 is 5.32 Å². The Morgan fingerprint density at radius 2 is 2.11 bits per heavy atom. The Hall–Kier alpha value is -0.660. The molecule has 0 unspecified atom stereocenters. The molecule has 0 aliphatic rings. The van der Waals surface area contributed by atoms with Crippen molar-refractivity contribution in [2.75, 3.05) is 5.32 Å². The van der Waals surface area contributed by atoms with Crippen LogP contribution in [0.5, 0.6) is 0 Å². The van der Waals surface area contributed by atoms with E-state index in [0.29, 0.717) is 16.4 Å². The number of pyridine rings is 1. The van der Waals surface area contributed by atoms with Crippen LogP contribution in [0.4, 0.5) is 5.69 Å². The molecule has 92 valence electrons. The fraction of sp³-hybridized carbons (Fsp3) is 0. The number of carbonyl (C=O) groups is 1. The van der Waals surface area contributed by atoms with E-state index >= 15 is 0 Å². The van der Waals surface area contributed by atoms with Crippen molar-refractivity contribution in [1.82, 2.24) is 4.98 Å². The summed E-state index contributed by atoms with van der Waals surface area (Å²) in [4.78, 5) is 15.9. The average molecular weight is 437 g/mol. The summed E-state index contributed by atoms with van der Waals surface area (Å²) in [6.45, 7) is 0. The number of carbonyl (C=O) groups excluding carboxylic acids is 1. The number of amides is 1. The van der Waals surface area contributed by atoms with Crippen LogP contribution in [-0.4, -0.2) is 10.9 Å². The molecule has 2 aromatic rings. The molecule has 6 heteroatoms. The van der Waals surface area contributed by atoms with Crippen LogP contribution in [0, 0.1) is 3.57 Å². The van der Waals surface area contributed by atoms with Gasteiger partial charge in [-0.05, 0) is 68.9 Å². The van der Waals surface area contributed by atoms with Crippen molar-refractivity contribution in [2.45, 2.75) is 0 Å². The number of anilines is 1. The number of rotatable bonds is 2. The Morgan fingerprint density at radius 1 is 1.33 bits per heavy atom. The van der Waals surface area contributed by atoms with E-state index in [1.807, 2.05) is 6.07 Å². The molecule has 3 nitrogen and oxygen atoms in total. The predicted molar refractivity (Wildman–Crippen MR) is 84.1 cm³/mol. The third-order valence-corrected chi connectivity index (χ3v) is 3.59. The summed E-state index contributed by atoms with van der Waals surface area (Å²) < 4.78 is 1.84. The topological polar surface area (TPSA) is 42.0 Å². The van der Waals surface area contributed by atoms with Crippen LogP contribution in [0.15, 0.2) is 41.0 Å². The van der Waals surface area contributed by atoms with Crippen molar-refractivity contribution in [3.05, 3.63) is 55.3 Å². The molecule has 0 spiro atoms. The molecule has 18 heavy (non-hydrogen) atoms. The number of nitrogens with one attached hydrogen (secondary N) is 1. The maximum absolute atomic E-state index is 11.9. The van der Waals surface area contributed by atoms with Gasteiger partial charge in [0.2, 0.25) is 0 Å². The van der Waals surface area contributed by atoms with Gasteiger partial charge >= 0.3 is 0 Å². The number of nitrogens with zero attached hydrogens (tertiary/aromatic N) is 1. The molecule has 0 atom stereocenters. The highest BCUT2D eigenvalue weighted by Crippen LogP contribution is 2.24. The molecule has 1 N–H and O–H groups in total. The summed E-state index contributed by atoms with van der Waals surface area (Å²) in [5.41, 5.74) is 0.916. The molecule has 0 saturated carbocycles. The lowest BCUT2D eigenvalue weighted by molar-refractivity contribution is 0.102. The highest BCUT2D eigenvalue weighted by Gasteiger charge is 2.09. The molecule has 0 fully saturated rings. The molecular weight excluding hydrogens is 430 g/mol. The molecule has 1 heterocycles. The van der Waals surface area contributed by atoms with Crippen LogP contribution < -0.4 is 5.32 Å². The maximum Gasteiger partial charge on any atom is 0.274 e. The third kappa shape index (κ3) is 3.43. The predicted octanol–water partition coefficient (Wildman–Crippen LogP) is 4.35. The zero-order chi connectivity index (χ0) is 13.1. The maximum atomic E-state index is 11.9. The SMILES string of the molecule is O=C(Nc1ccc(I)cc1Cl)c1ccc(Br)cn1. The van der Waals surface area contributed by atoms with Gasteiger partial charge in [-0.3, -0.25) is 4.79 Å². The van der Waals surface area contributed by atoms with Crippen LogP contribution in [-0.2, 0) is 0 Å². The van der Waals surface area contributed by atoms with Crippen LogP contribution in [0.25, 0.3) is 0 Å². The Kier molecular flexibility index (Phi) is 4.58. The minimum Gasteiger partial charge on any atom is -0.319 e. The summed E-state index contributed by atoms with van der Waals surface area (Å²) in [7, 11) is 0. The molecular formula is C12H7BrClIN2O. The van der Waals surface area contributed by atoms with Gasteiger partial charge in [0.1, 0.15) is 5.69 Å². The van der Waals surface area contributed by atoms with Gasteiger partial charge in [-0.25, -0.2) is 4.98 Å². The van der Waals surface area contributed by atoms with Gasteiger partial charge in [0, 0.05) is 14.2 Å². The van der Waals surface area contributed by atoms with Gasteiger partial charge in [-0.2, -0.15) is 0 Å². The first kappa shape index (κ1) is 13.8. The Bertz CT molecular complexity index is 589. The van der Waals surface area contributed by atoms with E-state index in [1.165, 1.54) is 0 Å². The molecule has 1 aromatic heterocycles. The largest absolute Gasteiger partial charge is 0.319 e.